The summed E-state index contributed by atoms with van der Waals surface area (Å²) < 4.78 is 11.6. The third-order valence-corrected chi connectivity index (χ3v) is 5.45. The van der Waals surface area contributed by atoms with Crippen molar-refractivity contribution in [2.45, 2.75) is 33.2 Å². The number of fused-ring (bicyclic) bond motifs is 3. The van der Waals surface area contributed by atoms with Crippen LogP contribution in [0.25, 0.3) is 22.6 Å². The van der Waals surface area contributed by atoms with Crippen LogP contribution in [0.5, 0.6) is 5.75 Å². The summed E-state index contributed by atoms with van der Waals surface area (Å²) in [5.41, 5.74) is 1.73. The molecule has 8 nitrogen and oxygen atoms in total. The maximum Gasteiger partial charge on any atom is 0.332 e. The highest BCUT2D eigenvalue weighted by Gasteiger charge is 2.21. The quantitative estimate of drug-likeness (QED) is 0.502. The predicted octanol–water partition coefficient (Wildman–Crippen LogP) is 2.91. The van der Waals surface area contributed by atoms with Gasteiger partial charge in [-0.15, -0.1) is 0 Å². The lowest BCUT2D eigenvalue weighted by molar-refractivity contribution is 0.415. The second-order valence-electron chi connectivity index (χ2n) is 7.03. The maximum atomic E-state index is 13.1. The first-order chi connectivity index (χ1) is 13.9. The SMILES string of the molecule is CCCCn1c(=O)c2c(nc3n(-c4ccc(OC)c(Cl)c4)c(C)cn23)n(C)c1=O. The van der Waals surface area contributed by atoms with E-state index in [4.69, 9.17) is 16.3 Å². The van der Waals surface area contributed by atoms with Crippen LogP contribution in [0.3, 0.4) is 0 Å². The highest BCUT2D eigenvalue weighted by Crippen LogP contribution is 2.29. The molecule has 0 aliphatic heterocycles. The van der Waals surface area contributed by atoms with Crippen molar-refractivity contribution in [2.75, 3.05) is 7.11 Å². The molecule has 3 aromatic heterocycles. The minimum Gasteiger partial charge on any atom is -0.495 e. The van der Waals surface area contributed by atoms with Crippen LogP contribution in [0.15, 0.2) is 34.0 Å². The van der Waals surface area contributed by atoms with E-state index in [1.54, 1.807) is 30.7 Å². The first kappa shape index (κ1) is 19.3. The molecule has 0 spiro atoms. The Morgan fingerprint density at radius 1 is 1.24 bits per heavy atom. The normalized spacial score (nSPS) is 11.6. The van der Waals surface area contributed by atoms with Gasteiger partial charge in [-0.25, -0.2) is 4.79 Å². The van der Waals surface area contributed by atoms with Crippen LogP contribution in [0.2, 0.25) is 5.02 Å². The second-order valence-corrected chi connectivity index (χ2v) is 7.44. The Hall–Kier alpha value is -3.00. The Balaban J connectivity index is 2.04. The summed E-state index contributed by atoms with van der Waals surface area (Å²) in [5, 5.41) is 0.474. The van der Waals surface area contributed by atoms with Crippen LogP contribution < -0.4 is 16.0 Å². The van der Waals surface area contributed by atoms with Crippen LogP contribution in [-0.2, 0) is 13.6 Å². The number of halogens is 1. The zero-order valence-electron chi connectivity index (χ0n) is 16.8. The molecule has 4 rings (SSSR count). The van der Waals surface area contributed by atoms with Gasteiger partial charge in [0.15, 0.2) is 11.2 Å². The molecular weight excluding hydrogens is 394 g/mol. The molecule has 0 atom stereocenters. The Labute approximate surface area is 171 Å². The van der Waals surface area contributed by atoms with E-state index in [0.717, 1.165) is 24.2 Å². The van der Waals surface area contributed by atoms with Crippen molar-refractivity contribution in [3.8, 4) is 11.4 Å². The van der Waals surface area contributed by atoms with Crippen molar-refractivity contribution in [3.63, 3.8) is 0 Å². The van der Waals surface area contributed by atoms with Gasteiger partial charge in [-0.05, 0) is 31.5 Å². The van der Waals surface area contributed by atoms with Gasteiger partial charge < -0.3 is 4.74 Å². The summed E-state index contributed by atoms with van der Waals surface area (Å²) in [6.45, 7) is 4.34. The van der Waals surface area contributed by atoms with Gasteiger partial charge in [0.1, 0.15) is 5.75 Å². The number of methoxy groups -OCH3 is 1. The van der Waals surface area contributed by atoms with Crippen molar-refractivity contribution in [3.05, 3.63) is 56.0 Å². The van der Waals surface area contributed by atoms with Gasteiger partial charge in [0, 0.05) is 25.5 Å². The van der Waals surface area contributed by atoms with Crippen LogP contribution in [0.4, 0.5) is 0 Å². The molecule has 0 fully saturated rings. The Kier molecular flexibility index (Phi) is 4.74. The van der Waals surface area contributed by atoms with Crippen molar-refractivity contribution < 1.29 is 4.74 Å². The van der Waals surface area contributed by atoms with Crippen molar-refractivity contribution in [1.29, 1.82) is 0 Å². The fourth-order valence-corrected chi connectivity index (χ4v) is 3.89. The molecule has 0 aliphatic carbocycles. The average molecular weight is 416 g/mol. The third kappa shape index (κ3) is 2.86. The number of hydrogen-bond acceptors (Lipinski definition) is 4. The maximum absolute atomic E-state index is 13.1. The van der Waals surface area contributed by atoms with Gasteiger partial charge in [-0.1, -0.05) is 24.9 Å². The number of imidazole rings is 2. The fraction of sp³-hybridized carbons (Fsp3) is 0.350. The van der Waals surface area contributed by atoms with Crippen molar-refractivity contribution in [2.24, 2.45) is 7.05 Å². The molecule has 0 N–H and O–H groups in total. The van der Waals surface area contributed by atoms with Gasteiger partial charge in [0.25, 0.3) is 5.56 Å². The number of benzene rings is 1. The number of rotatable bonds is 5. The summed E-state index contributed by atoms with van der Waals surface area (Å²) in [4.78, 5) is 30.4. The van der Waals surface area contributed by atoms with Crippen LogP contribution in [-0.4, -0.2) is 30.2 Å². The third-order valence-electron chi connectivity index (χ3n) is 5.15. The van der Waals surface area contributed by atoms with E-state index < -0.39 is 0 Å². The van der Waals surface area contributed by atoms with E-state index in [2.05, 4.69) is 4.98 Å². The monoisotopic (exact) mass is 415 g/mol. The van der Waals surface area contributed by atoms with Crippen molar-refractivity contribution in [1.82, 2.24) is 23.1 Å². The molecule has 0 aliphatic rings. The lowest BCUT2D eigenvalue weighted by Gasteiger charge is -2.09. The number of aryl methyl sites for hydroxylation is 2. The highest BCUT2D eigenvalue weighted by molar-refractivity contribution is 6.32. The minimum atomic E-state index is -0.354. The number of unbranched alkanes of at least 4 members (excludes halogenated alkanes) is 1. The summed E-state index contributed by atoms with van der Waals surface area (Å²) >= 11 is 6.30. The number of nitrogens with zero attached hydrogens (tertiary/aromatic N) is 5. The van der Waals surface area contributed by atoms with Crippen molar-refractivity contribution >= 4 is 28.5 Å². The highest BCUT2D eigenvalue weighted by atomic mass is 35.5. The molecule has 9 heteroatoms. The molecule has 0 bridgehead atoms. The molecule has 152 valence electrons. The smallest absolute Gasteiger partial charge is 0.332 e. The topological polar surface area (TPSA) is 75.5 Å². The summed E-state index contributed by atoms with van der Waals surface area (Å²) in [7, 11) is 3.20. The summed E-state index contributed by atoms with van der Waals surface area (Å²) in [5.74, 6) is 1.12. The van der Waals surface area contributed by atoms with Crippen LogP contribution >= 0.6 is 11.6 Å². The molecule has 0 unspecified atom stereocenters. The Morgan fingerprint density at radius 2 is 2.00 bits per heavy atom. The van der Waals surface area contributed by atoms with Crippen LogP contribution in [0.1, 0.15) is 25.5 Å². The van der Waals surface area contributed by atoms with E-state index in [1.165, 1.54) is 9.13 Å². The number of aromatic nitrogens is 5. The Morgan fingerprint density at radius 3 is 2.66 bits per heavy atom. The minimum absolute atomic E-state index is 0.325. The number of ether oxygens (including phenoxy) is 1. The average Bonchev–Trinajstić information content (AvgIpc) is 3.20. The van der Waals surface area contributed by atoms with E-state index in [9.17, 15) is 9.59 Å². The fourth-order valence-electron chi connectivity index (χ4n) is 3.64. The lowest BCUT2D eigenvalue weighted by atomic mass is 10.3. The van der Waals surface area contributed by atoms with Gasteiger partial charge in [0.2, 0.25) is 5.78 Å². The Bertz CT molecular complexity index is 1360. The zero-order chi connectivity index (χ0) is 20.9. The van der Waals surface area contributed by atoms with E-state index in [1.807, 2.05) is 30.7 Å². The molecule has 4 aromatic rings. The molecule has 0 radical (unpaired) electrons. The molecular formula is C20H22ClN5O3. The van der Waals surface area contributed by atoms with E-state index in [-0.39, 0.29) is 11.2 Å². The van der Waals surface area contributed by atoms with E-state index >= 15 is 0 Å². The molecule has 3 heterocycles. The largest absolute Gasteiger partial charge is 0.495 e. The van der Waals surface area contributed by atoms with E-state index in [0.29, 0.717) is 34.3 Å². The molecule has 29 heavy (non-hydrogen) atoms. The molecule has 0 saturated heterocycles. The summed E-state index contributed by atoms with van der Waals surface area (Å²) in [6.07, 6.45) is 3.50. The molecule has 0 amide bonds. The van der Waals surface area contributed by atoms with Gasteiger partial charge in [-0.3, -0.25) is 22.9 Å². The van der Waals surface area contributed by atoms with Gasteiger partial charge >= 0.3 is 5.69 Å². The second kappa shape index (κ2) is 7.11. The van der Waals surface area contributed by atoms with Gasteiger partial charge in [0.05, 0.1) is 17.8 Å². The first-order valence-electron chi connectivity index (χ1n) is 9.42. The van der Waals surface area contributed by atoms with Gasteiger partial charge in [-0.2, -0.15) is 4.98 Å². The van der Waals surface area contributed by atoms with Crippen LogP contribution in [0, 0.1) is 6.92 Å². The first-order valence-corrected chi connectivity index (χ1v) is 9.80. The lowest BCUT2D eigenvalue weighted by Crippen LogP contribution is -2.39. The zero-order valence-corrected chi connectivity index (χ0v) is 17.5. The summed E-state index contributed by atoms with van der Waals surface area (Å²) in [6, 6.07) is 5.44. The predicted molar refractivity (Wildman–Crippen MR) is 113 cm³/mol. The molecule has 0 saturated carbocycles. The molecule has 1 aromatic carbocycles. The standard InChI is InChI=1S/C20H22ClN5O3/c1-5-6-9-24-18(27)16-17(23(3)20(24)28)22-19-25(16)11-12(2)26(19)13-7-8-15(29-4)14(21)10-13/h7-8,10-11H,5-6,9H2,1-4H3. The number of hydrogen-bond donors (Lipinski definition) is 0.